The standard InChI is InChI=1S/C12H17N/c1-10-2-4-11(5-3-10)6-7-12-8-13-9-12/h2-5,12-13H,6-9H2,1H3. The molecule has 0 aliphatic carbocycles. The molecule has 0 bridgehead atoms. The Bertz CT molecular complexity index is 259. The van der Waals surface area contributed by atoms with Crippen molar-refractivity contribution in [2.75, 3.05) is 13.1 Å². The molecule has 1 fully saturated rings. The van der Waals surface area contributed by atoms with E-state index in [0.717, 1.165) is 5.92 Å². The second kappa shape index (κ2) is 3.93. The molecule has 2 rings (SSSR count). The highest BCUT2D eigenvalue weighted by Crippen LogP contribution is 2.13. The molecule has 0 aromatic heterocycles. The molecule has 13 heavy (non-hydrogen) atoms. The first-order valence-corrected chi connectivity index (χ1v) is 5.11. The average Bonchev–Trinajstić information content (AvgIpc) is 2.05. The number of rotatable bonds is 3. The van der Waals surface area contributed by atoms with Crippen molar-refractivity contribution in [1.29, 1.82) is 0 Å². The normalized spacial score (nSPS) is 17.0. The van der Waals surface area contributed by atoms with E-state index in [-0.39, 0.29) is 0 Å². The molecule has 1 heterocycles. The molecule has 0 amide bonds. The lowest BCUT2D eigenvalue weighted by molar-refractivity contribution is 0.328. The summed E-state index contributed by atoms with van der Waals surface area (Å²) < 4.78 is 0. The van der Waals surface area contributed by atoms with Crippen molar-refractivity contribution >= 4 is 0 Å². The van der Waals surface area contributed by atoms with E-state index in [1.807, 2.05) is 0 Å². The van der Waals surface area contributed by atoms with Gasteiger partial charge in [0.2, 0.25) is 0 Å². The number of hydrogen-bond acceptors (Lipinski definition) is 1. The predicted octanol–water partition coefficient (Wildman–Crippen LogP) is 2.15. The fraction of sp³-hybridized carbons (Fsp3) is 0.500. The second-order valence-electron chi connectivity index (χ2n) is 4.05. The van der Waals surface area contributed by atoms with Crippen molar-refractivity contribution < 1.29 is 0 Å². The zero-order chi connectivity index (χ0) is 9.10. The summed E-state index contributed by atoms with van der Waals surface area (Å²) in [5.41, 5.74) is 2.84. The highest BCUT2D eigenvalue weighted by molar-refractivity contribution is 5.21. The molecule has 0 radical (unpaired) electrons. The number of hydrogen-bond donors (Lipinski definition) is 1. The Hall–Kier alpha value is -0.820. The first kappa shape index (κ1) is 8.76. The number of benzene rings is 1. The van der Waals surface area contributed by atoms with E-state index >= 15 is 0 Å². The van der Waals surface area contributed by atoms with Crippen LogP contribution in [0.3, 0.4) is 0 Å². The molecule has 1 aromatic carbocycles. The molecule has 1 aliphatic rings. The molecule has 1 N–H and O–H groups in total. The van der Waals surface area contributed by atoms with Crippen LogP contribution in [0.25, 0.3) is 0 Å². The summed E-state index contributed by atoms with van der Waals surface area (Å²) in [7, 11) is 0. The van der Waals surface area contributed by atoms with Crippen LogP contribution in [-0.4, -0.2) is 13.1 Å². The summed E-state index contributed by atoms with van der Waals surface area (Å²) in [6.45, 7) is 4.59. The van der Waals surface area contributed by atoms with E-state index in [2.05, 4.69) is 36.5 Å². The Morgan fingerprint density at radius 2 is 1.92 bits per heavy atom. The van der Waals surface area contributed by atoms with Crippen LogP contribution in [0.2, 0.25) is 0 Å². The maximum absolute atomic E-state index is 3.31. The maximum atomic E-state index is 3.31. The van der Waals surface area contributed by atoms with Gasteiger partial charge < -0.3 is 5.32 Å². The zero-order valence-electron chi connectivity index (χ0n) is 8.22. The smallest absolute Gasteiger partial charge is 0.000814 e. The van der Waals surface area contributed by atoms with Gasteiger partial charge in [0, 0.05) is 0 Å². The van der Waals surface area contributed by atoms with Crippen molar-refractivity contribution in [3.05, 3.63) is 35.4 Å². The van der Waals surface area contributed by atoms with Crippen LogP contribution in [-0.2, 0) is 6.42 Å². The van der Waals surface area contributed by atoms with Crippen LogP contribution >= 0.6 is 0 Å². The summed E-state index contributed by atoms with van der Waals surface area (Å²) in [4.78, 5) is 0. The van der Waals surface area contributed by atoms with E-state index in [1.165, 1.54) is 37.1 Å². The lowest BCUT2D eigenvalue weighted by Gasteiger charge is -2.26. The molecule has 70 valence electrons. The lowest BCUT2D eigenvalue weighted by Crippen LogP contribution is -2.42. The third-order valence-electron chi connectivity index (χ3n) is 2.83. The van der Waals surface area contributed by atoms with Crippen LogP contribution in [0.1, 0.15) is 17.5 Å². The molecule has 0 atom stereocenters. The summed E-state index contributed by atoms with van der Waals surface area (Å²) in [6, 6.07) is 8.91. The highest BCUT2D eigenvalue weighted by Gasteiger charge is 2.15. The summed E-state index contributed by atoms with van der Waals surface area (Å²) in [5.74, 6) is 0.932. The predicted molar refractivity (Wildman–Crippen MR) is 55.9 cm³/mol. The van der Waals surface area contributed by atoms with Gasteiger partial charge in [-0.2, -0.15) is 0 Å². The Balaban J connectivity index is 1.83. The first-order valence-electron chi connectivity index (χ1n) is 5.11. The zero-order valence-corrected chi connectivity index (χ0v) is 8.22. The molecule has 1 aromatic rings. The largest absolute Gasteiger partial charge is 0.316 e. The molecule has 0 unspecified atom stereocenters. The van der Waals surface area contributed by atoms with Crippen molar-refractivity contribution in [2.24, 2.45) is 5.92 Å². The van der Waals surface area contributed by atoms with Crippen LogP contribution in [0.5, 0.6) is 0 Å². The van der Waals surface area contributed by atoms with Crippen molar-refractivity contribution in [1.82, 2.24) is 5.32 Å². The molecule has 1 nitrogen and oxygen atoms in total. The van der Waals surface area contributed by atoms with E-state index < -0.39 is 0 Å². The fourth-order valence-corrected chi connectivity index (χ4v) is 1.68. The van der Waals surface area contributed by atoms with Crippen LogP contribution in [0.4, 0.5) is 0 Å². The van der Waals surface area contributed by atoms with E-state index in [4.69, 9.17) is 0 Å². The van der Waals surface area contributed by atoms with Crippen LogP contribution in [0, 0.1) is 12.8 Å². The van der Waals surface area contributed by atoms with Gasteiger partial charge in [0.25, 0.3) is 0 Å². The monoisotopic (exact) mass is 175 g/mol. The maximum Gasteiger partial charge on any atom is -0.000814 e. The molecular weight excluding hydrogens is 158 g/mol. The van der Waals surface area contributed by atoms with Gasteiger partial charge in [0.15, 0.2) is 0 Å². The average molecular weight is 175 g/mol. The van der Waals surface area contributed by atoms with Gasteiger partial charge in [-0.1, -0.05) is 29.8 Å². The van der Waals surface area contributed by atoms with Crippen molar-refractivity contribution in [2.45, 2.75) is 19.8 Å². The minimum Gasteiger partial charge on any atom is -0.316 e. The summed E-state index contributed by atoms with van der Waals surface area (Å²) in [5, 5.41) is 3.31. The van der Waals surface area contributed by atoms with Crippen molar-refractivity contribution in [3.63, 3.8) is 0 Å². The van der Waals surface area contributed by atoms with Gasteiger partial charge in [-0.15, -0.1) is 0 Å². The first-order chi connectivity index (χ1) is 6.34. The third kappa shape index (κ3) is 2.31. The van der Waals surface area contributed by atoms with Crippen LogP contribution < -0.4 is 5.32 Å². The third-order valence-corrected chi connectivity index (χ3v) is 2.83. The second-order valence-corrected chi connectivity index (χ2v) is 4.05. The van der Waals surface area contributed by atoms with E-state index in [1.54, 1.807) is 0 Å². The molecule has 1 heteroatoms. The lowest BCUT2D eigenvalue weighted by atomic mass is 9.94. The SMILES string of the molecule is Cc1ccc(CCC2CNC2)cc1. The Morgan fingerprint density at radius 1 is 1.23 bits per heavy atom. The Labute approximate surface area is 80.2 Å². The molecule has 1 saturated heterocycles. The topological polar surface area (TPSA) is 12.0 Å². The Kier molecular flexibility index (Phi) is 2.65. The number of aryl methyl sites for hydroxylation is 2. The van der Waals surface area contributed by atoms with E-state index in [0.29, 0.717) is 0 Å². The van der Waals surface area contributed by atoms with Crippen molar-refractivity contribution in [3.8, 4) is 0 Å². The Morgan fingerprint density at radius 3 is 2.46 bits per heavy atom. The molecule has 1 aliphatic heterocycles. The van der Waals surface area contributed by atoms with Crippen LogP contribution in [0.15, 0.2) is 24.3 Å². The minimum absolute atomic E-state index is 0.932. The van der Waals surface area contributed by atoms with Gasteiger partial charge in [-0.3, -0.25) is 0 Å². The summed E-state index contributed by atoms with van der Waals surface area (Å²) in [6.07, 6.45) is 2.59. The highest BCUT2D eigenvalue weighted by atomic mass is 14.9. The molecule has 0 saturated carbocycles. The van der Waals surface area contributed by atoms with Gasteiger partial charge in [0.05, 0.1) is 0 Å². The van der Waals surface area contributed by atoms with Gasteiger partial charge >= 0.3 is 0 Å². The summed E-state index contributed by atoms with van der Waals surface area (Å²) >= 11 is 0. The number of nitrogens with one attached hydrogen (secondary N) is 1. The fourth-order valence-electron chi connectivity index (χ4n) is 1.68. The molecule has 0 spiro atoms. The van der Waals surface area contributed by atoms with Gasteiger partial charge in [-0.05, 0) is 44.3 Å². The minimum atomic E-state index is 0.932. The van der Waals surface area contributed by atoms with E-state index in [9.17, 15) is 0 Å². The van der Waals surface area contributed by atoms with Gasteiger partial charge in [0.1, 0.15) is 0 Å². The van der Waals surface area contributed by atoms with Gasteiger partial charge in [-0.25, -0.2) is 0 Å². The quantitative estimate of drug-likeness (QED) is 0.742. The molecular formula is C12H17N.